The Labute approximate surface area is 74.5 Å². The summed E-state index contributed by atoms with van der Waals surface area (Å²) in [5.74, 6) is 0. The van der Waals surface area contributed by atoms with Gasteiger partial charge in [0.1, 0.15) is 0 Å². The number of hydrazine groups is 1. The van der Waals surface area contributed by atoms with Gasteiger partial charge in [-0.1, -0.05) is 4.86 Å². The van der Waals surface area contributed by atoms with Gasteiger partial charge in [-0.25, -0.2) is 0 Å². The van der Waals surface area contributed by atoms with E-state index in [0.29, 0.717) is 0 Å². The molecule has 13 heavy (non-hydrogen) atoms. The summed E-state index contributed by atoms with van der Waals surface area (Å²) in [4.78, 5) is 8.98. The van der Waals surface area contributed by atoms with E-state index in [9.17, 15) is 10.4 Å². The third-order valence-corrected chi connectivity index (χ3v) is 0.748. The van der Waals surface area contributed by atoms with Crippen LogP contribution >= 0.6 is 0 Å². The minimum atomic E-state index is -0.404. The molecular formula is C4H11N5O4. The highest BCUT2D eigenvalue weighted by molar-refractivity contribution is 4.02. The zero-order valence-electron chi connectivity index (χ0n) is 7.58. The number of nitrogens with zero attached hydrogens (tertiary/aromatic N) is 5. The quantitative estimate of drug-likeness (QED) is 0.198. The van der Waals surface area contributed by atoms with E-state index in [2.05, 4.69) is 20.2 Å². The highest BCUT2D eigenvalue weighted by Gasteiger charge is 1.97. The van der Waals surface area contributed by atoms with Crippen molar-refractivity contribution in [3.63, 3.8) is 0 Å². The van der Waals surface area contributed by atoms with Crippen molar-refractivity contribution in [2.45, 2.75) is 0 Å². The summed E-state index contributed by atoms with van der Waals surface area (Å²) in [6.45, 7) is -0.404. The summed E-state index contributed by atoms with van der Waals surface area (Å²) < 4.78 is 0. The van der Waals surface area contributed by atoms with E-state index < -0.39 is 6.79 Å². The van der Waals surface area contributed by atoms with Crippen molar-refractivity contribution in [2.75, 3.05) is 27.9 Å². The number of rotatable bonds is 5. The monoisotopic (exact) mass is 193 g/mol. The van der Waals surface area contributed by atoms with Gasteiger partial charge >= 0.3 is 0 Å². The van der Waals surface area contributed by atoms with Gasteiger partial charge in [-0.3, -0.25) is 4.84 Å². The molecule has 0 fully saturated rings. The first-order chi connectivity index (χ1) is 6.04. The zero-order chi connectivity index (χ0) is 10.3. The first kappa shape index (κ1) is 11.2. The van der Waals surface area contributed by atoms with Gasteiger partial charge in [0, 0.05) is 0 Å². The lowest BCUT2D eigenvalue weighted by molar-refractivity contribution is -0.701. The second-order valence-electron chi connectivity index (χ2n) is 2.10. The van der Waals surface area contributed by atoms with Crippen molar-refractivity contribution in [1.82, 2.24) is 5.01 Å². The van der Waals surface area contributed by atoms with Crippen LogP contribution < -0.4 is 0 Å². The molecule has 76 valence electrons. The van der Waals surface area contributed by atoms with Crippen LogP contribution in [0.5, 0.6) is 0 Å². The molecular weight excluding hydrogens is 182 g/mol. The van der Waals surface area contributed by atoms with Crippen LogP contribution in [0.3, 0.4) is 0 Å². The Morgan fingerprint density at radius 3 is 2.23 bits per heavy atom. The van der Waals surface area contributed by atoms with Crippen LogP contribution in [0.1, 0.15) is 0 Å². The van der Waals surface area contributed by atoms with Gasteiger partial charge in [0.15, 0.2) is 7.05 Å². The van der Waals surface area contributed by atoms with Gasteiger partial charge < -0.3 is 15.3 Å². The SMILES string of the molecule is CN(C)[N+]([O-])=NOCON=[N+](C)[O-]. The third kappa shape index (κ3) is 6.59. The Hall–Kier alpha value is -1.80. The maximum Gasteiger partial charge on any atom is 0.292 e. The topological polar surface area (TPSA) is 98.6 Å². The molecule has 0 saturated heterocycles. The number of hydroxylamine groups is 1. The zero-order valence-corrected chi connectivity index (χ0v) is 7.58. The van der Waals surface area contributed by atoms with E-state index in [1.807, 2.05) is 0 Å². The van der Waals surface area contributed by atoms with Crippen molar-refractivity contribution >= 4 is 0 Å². The summed E-state index contributed by atoms with van der Waals surface area (Å²) >= 11 is 0. The summed E-state index contributed by atoms with van der Waals surface area (Å²) in [6.07, 6.45) is 0. The van der Waals surface area contributed by atoms with Crippen molar-refractivity contribution in [1.29, 1.82) is 0 Å². The second kappa shape index (κ2) is 5.80. The molecule has 0 aromatic rings. The average molecular weight is 193 g/mol. The average Bonchev–Trinajstić information content (AvgIpc) is 2.02. The fourth-order valence-corrected chi connectivity index (χ4v) is 0.274. The van der Waals surface area contributed by atoms with Gasteiger partial charge in [-0.2, -0.15) is 5.01 Å². The molecule has 0 rings (SSSR count). The van der Waals surface area contributed by atoms with Crippen LogP contribution in [0.15, 0.2) is 10.6 Å². The van der Waals surface area contributed by atoms with E-state index in [1.165, 1.54) is 14.1 Å². The molecule has 0 amide bonds. The molecule has 0 atom stereocenters. The molecule has 0 heterocycles. The Balaban J connectivity index is 3.56. The fourth-order valence-electron chi connectivity index (χ4n) is 0.274. The highest BCUT2D eigenvalue weighted by Crippen LogP contribution is 1.84. The van der Waals surface area contributed by atoms with Crippen LogP contribution in [0.25, 0.3) is 0 Å². The van der Waals surface area contributed by atoms with Crippen molar-refractivity contribution in [3.05, 3.63) is 10.4 Å². The van der Waals surface area contributed by atoms with Crippen LogP contribution in [0.2, 0.25) is 0 Å². The molecule has 0 N–H and O–H groups in total. The molecule has 0 aromatic heterocycles. The second-order valence-corrected chi connectivity index (χ2v) is 2.10. The first-order valence-electron chi connectivity index (χ1n) is 3.25. The van der Waals surface area contributed by atoms with Crippen LogP contribution in [0.4, 0.5) is 0 Å². The summed E-state index contributed by atoms with van der Waals surface area (Å²) in [6, 6.07) is 0. The van der Waals surface area contributed by atoms with E-state index in [-0.39, 0.29) is 9.83 Å². The summed E-state index contributed by atoms with van der Waals surface area (Å²) in [5, 5.41) is 27.8. The third-order valence-electron chi connectivity index (χ3n) is 0.748. The minimum Gasteiger partial charge on any atom is -0.598 e. The number of hydrogen-bond donors (Lipinski definition) is 0. The molecule has 9 nitrogen and oxygen atoms in total. The van der Waals surface area contributed by atoms with Gasteiger partial charge in [-0.05, 0) is 0 Å². The lowest BCUT2D eigenvalue weighted by atomic mass is 11.2. The van der Waals surface area contributed by atoms with Crippen molar-refractivity contribution in [2.24, 2.45) is 10.6 Å². The van der Waals surface area contributed by atoms with E-state index in [1.54, 1.807) is 0 Å². The lowest BCUT2D eigenvalue weighted by Crippen LogP contribution is -2.21. The maximum atomic E-state index is 10.6. The molecule has 0 aliphatic heterocycles. The summed E-state index contributed by atoms with van der Waals surface area (Å²) in [5.41, 5.74) is 0. The normalized spacial score (nSPS) is 12.5. The van der Waals surface area contributed by atoms with Crippen molar-refractivity contribution in [3.8, 4) is 0 Å². The molecule has 0 unspecified atom stereocenters. The van der Waals surface area contributed by atoms with E-state index >= 15 is 0 Å². The van der Waals surface area contributed by atoms with E-state index in [4.69, 9.17) is 0 Å². The smallest absolute Gasteiger partial charge is 0.292 e. The van der Waals surface area contributed by atoms with Crippen LogP contribution in [0, 0.1) is 10.4 Å². The Bertz CT molecular complexity index is 199. The number of hydrogen-bond acceptors (Lipinski definition) is 6. The van der Waals surface area contributed by atoms with Crippen LogP contribution in [-0.4, -0.2) is 42.8 Å². The first-order valence-corrected chi connectivity index (χ1v) is 3.25. The molecule has 0 saturated carbocycles. The largest absolute Gasteiger partial charge is 0.598 e. The molecule has 0 spiro atoms. The molecule has 0 bridgehead atoms. The van der Waals surface area contributed by atoms with E-state index in [0.717, 1.165) is 12.1 Å². The predicted molar refractivity (Wildman–Crippen MR) is 38.8 cm³/mol. The Kier molecular flexibility index (Phi) is 5.00. The maximum absolute atomic E-state index is 10.6. The molecule has 0 aromatic carbocycles. The lowest BCUT2D eigenvalue weighted by Gasteiger charge is -2.04. The standard InChI is InChI=1S/C4H11N5O4/c1-7(2)9(11)6-13-4-12-5-8(3)10/h4H2,1-3H3. The Morgan fingerprint density at radius 1 is 1.23 bits per heavy atom. The molecule has 0 aliphatic carbocycles. The molecule has 9 heteroatoms. The van der Waals surface area contributed by atoms with Gasteiger partial charge in [0.25, 0.3) is 6.79 Å². The van der Waals surface area contributed by atoms with Crippen molar-refractivity contribution < 1.29 is 19.5 Å². The summed E-state index contributed by atoms with van der Waals surface area (Å²) in [7, 11) is 4.10. The molecule has 0 aliphatic rings. The van der Waals surface area contributed by atoms with Gasteiger partial charge in [0.05, 0.1) is 19.1 Å². The molecule has 0 radical (unpaired) electrons. The highest BCUT2D eigenvalue weighted by atomic mass is 16.8. The van der Waals surface area contributed by atoms with Gasteiger partial charge in [-0.15, -0.1) is 0 Å². The minimum absolute atomic E-state index is 0.199. The van der Waals surface area contributed by atoms with Gasteiger partial charge in [0.2, 0.25) is 10.6 Å². The predicted octanol–water partition coefficient (Wildman–Crippen LogP) is -0.161. The fraction of sp³-hybridized carbons (Fsp3) is 1.00. The van der Waals surface area contributed by atoms with Crippen LogP contribution in [-0.2, 0) is 9.68 Å². The Morgan fingerprint density at radius 2 is 1.77 bits per heavy atom.